The highest BCUT2D eigenvalue weighted by Crippen LogP contribution is 2.28. The molecule has 1 fully saturated rings. The van der Waals surface area contributed by atoms with Crippen molar-refractivity contribution in [1.82, 2.24) is 4.90 Å². The van der Waals surface area contributed by atoms with Crippen molar-refractivity contribution in [2.24, 2.45) is 0 Å². The Hall–Kier alpha value is -1.40. The van der Waals surface area contributed by atoms with Crippen molar-refractivity contribution >= 4 is 28.9 Å². The Balaban J connectivity index is 1.99. The number of nitrogens with one attached hydrogen (secondary N) is 1. The van der Waals surface area contributed by atoms with Crippen molar-refractivity contribution in [3.05, 3.63) is 15.8 Å². The van der Waals surface area contributed by atoms with E-state index in [1.807, 2.05) is 6.92 Å². The van der Waals surface area contributed by atoms with Crippen molar-refractivity contribution in [2.45, 2.75) is 32.6 Å². The van der Waals surface area contributed by atoms with Crippen LogP contribution in [0.1, 0.15) is 40.9 Å². The lowest BCUT2D eigenvalue weighted by molar-refractivity contribution is -0.117. The van der Waals surface area contributed by atoms with E-state index >= 15 is 0 Å². The summed E-state index contributed by atoms with van der Waals surface area (Å²) < 4.78 is 4.74. The Morgan fingerprint density at radius 2 is 1.95 bits per heavy atom. The number of rotatable bonds is 4. The minimum Gasteiger partial charge on any atom is -0.465 e. The molecule has 0 radical (unpaired) electrons. The van der Waals surface area contributed by atoms with Crippen LogP contribution < -0.4 is 5.32 Å². The van der Waals surface area contributed by atoms with E-state index in [0.717, 1.165) is 30.8 Å². The fourth-order valence-corrected chi connectivity index (χ4v) is 3.33. The fraction of sp³-hybridized carbons (Fsp3) is 0.600. The Morgan fingerprint density at radius 3 is 2.57 bits per heavy atom. The van der Waals surface area contributed by atoms with Crippen LogP contribution in [0, 0.1) is 6.92 Å². The van der Waals surface area contributed by atoms with Gasteiger partial charge in [-0.3, -0.25) is 9.69 Å². The number of anilines is 1. The van der Waals surface area contributed by atoms with Crippen molar-refractivity contribution in [1.29, 1.82) is 0 Å². The summed E-state index contributed by atoms with van der Waals surface area (Å²) in [5.74, 6) is -0.479. The van der Waals surface area contributed by atoms with Crippen LogP contribution in [-0.4, -0.2) is 43.5 Å². The van der Waals surface area contributed by atoms with Crippen LogP contribution in [0.25, 0.3) is 0 Å². The largest absolute Gasteiger partial charge is 0.465 e. The molecule has 0 aromatic carbocycles. The quantitative estimate of drug-likeness (QED) is 0.869. The van der Waals surface area contributed by atoms with Crippen LogP contribution in [0.3, 0.4) is 0 Å². The van der Waals surface area contributed by atoms with Gasteiger partial charge in [-0.25, -0.2) is 4.79 Å². The van der Waals surface area contributed by atoms with E-state index in [1.54, 1.807) is 5.38 Å². The Labute approximate surface area is 129 Å². The predicted molar refractivity (Wildman–Crippen MR) is 83.9 cm³/mol. The predicted octanol–water partition coefficient (Wildman–Crippen LogP) is 2.66. The van der Waals surface area contributed by atoms with Crippen LogP contribution in [0.5, 0.6) is 0 Å². The molecule has 1 amide bonds. The van der Waals surface area contributed by atoms with Gasteiger partial charge in [0.2, 0.25) is 5.91 Å². The summed E-state index contributed by atoms with van der Waals surface area (Å²) >= 11 is 1.44. The molecule has 0 bridgehead atoms. The number of carbonyl (C=O) groups excluding carboxylic acids is 2. The number of amides is 1. The van der Waals surface area contributed by atoms with Gasteiger partial charge in [-0.05, 0) is 32.9 Å². The number of hydrogen-bond acceptors (Lipinski definition) is 5. The van der Waals surface area contributed by atoms with Crippen LogP contribution >= 0.6 is 11.3 Å². The smallest absolute Gasteiger partial charge is 0.340 e. The molecule has 116 valence electrons. The van der Waals surface area contributed by atoms with Gasteiger partial charge in [0.1, 0.15) is 0 Å². The van der Waals surface area contributed by atoms with Crippen molar-refractivity contribution in [2.75, 3.05) is 32.1 Å². The molecule has 1 N–H and O–H groups in total. The third-order valence-electron chi connectivity index (χ3n) is 3.71. The van der Waals surface area contributed by atoms with Gasteiger partial charge in [0.05, 0.1) is 24.9 Å². The average Bonchev–Trinajstić information content (AvgIpc) is 2.68. The SMILES string of the molecule is COC(=O)c1csc(C)c1NC(=O)CN1CCCCCC1. The van der Waals surface area contributed by atoms with E-state index in [2.05, 4.69) is 10.2 Å². The number of nitrogens with zero attached hydrogens (tertiary/aromatic N) is 1. The summed E-state index contributed by atoms with van der Waals surface area (Å²) in [7, 11) is 1.35. The van der Waals surface area contributed by atoms with E-state index in [0.29, 0.717) is 17.8 Å². The van der Waals surface area contributed by atoms with Gasteiger partial charge in [-0.1, -0.05) is 12.8 Å². The molecule has 1 aromatic rings. The first-order valence-corrected chi connectivity index (χ1v) is 8.18. The van der Waals surface area contributed by atoms with Gasteiger partial charge < -0.3 is 10.1 Å². The number of aryl methyl sites for hydroxylation is 1. The molecule has 6 heteroatoms. The monoisotopic (exact) mass is 310 g/mol. The summed E-state index contributed by atoms with van der Waals surface area (Å²) in [6, 6.07) is 0. The first-order valence-electron chi connectivity index (χ1n) is 7.30. The van der Waals surface area contributed by atoms with Crippen LogP contribution in [-0.2, 0) is 9.53 Å². The van der Waals surface area contributed by atoms with Gasteiger partial charge in [0.25, 0.3) is 0 Å². The highest BCUT2D eigenvalue weighted by Gasteiger charge is 2.19. The highest BCUT2D eigenvalue weighted by atomic mass is 32.1. The number of methoxy groups -OCH3 is 1. The van der Waals surface area contributed by atoms with E-state index in [4.69, 9.17) is 4.74 Å². The number of hydrogen-bond donors (Lipinski definition) is 1. The molecule has 5 nitrogen and oxygen atoms in total. The molecule has 0 saturated carbocycles. The molecule has 1 aromatic heterocycles. The second-order valence-electron chi connectivity index (χ2n) is 5.31. The lowest BCUT2D eigenvalue weighted by atomic mass is 10.2. The lowest BCUT2D eigenvalue weighted by Crippen LogP contribution is -2.34. The molecule has 2 rings (SSSR count). The van der Waals surface area contributed by atoms with Gasteiger partial charge in [0.15, 0.2) is 0 Å². The maximum Gasteiger partial charge on any atom is 0.340 e. The van der Waals surface area contributed by atoms with Crippen LogP contribution in [0.4, 0.5) is 5.69 Å². The molecule has 1 aliphatic rings. The molecule has 21 heavy (non-hydrogen) atoms. The normalized spacial score (nSPS) is 16.3. The third-order valence-corrected chi connectivity index (χ3v) is 4.62. The van der Waals surface area contributed by atoms with E-state index in [9.17, 15) is 9.59 Å². The molecule has 0 aliphatic carbocycles. The fourth-order valence-electron chi connectivity index (χ4n) is 2.55. The van der Waals surface area contributed by atoms with E-state index < -0.39 is 5.97 Å². The van der Waals surface area contributed by atoms with Crippen LogP contribution in [0.2, 0.25) is 0 Å². The Morgan fingerprint density at radius 1 is 1.29 bits per heavy atom. The summed E-state index contributed by atoms with van der Waals surface area (Å²) in [5.41, 5.74) is 1.02. The third kappa shape index (κ3) is 4.28. The standard InChI is InChI=1S/C15H22N2O3S/c1-11-14(12(10-21-11)15(19)20-2)16-13(18)9-17-7-5-3-4-6-8-17/h10H,3-9H2,1-2H3,(H,16,18). The summed E-state index contributed by atoms with van der Waals surface area (Å²) in [4.78, 5) is 27.0. The lowest BCUT2D eigenvalue weighted by Gasteiger charge is -2.19. The molecule has 0 unspecified atom stereocenters. The van der Waals surface area contributed by atoms with Gasteiger partial charge in [-0.2, -0.15) is 0 Å². The first-order chi connectivity index (χ1) is 10.1. The number of esters is 1. The molecule has 0 atom stereocenters. The minimum atomic E-state index is -0.413. The molecule has 1 saturated heterocycles. The van der Waals surface area contributed by atoms with Gasteiger partial charge in [0, 0.05) is 10.3 Å². The van der Waals surface area contributed by atoms with E-state index in [1.165, 1.54) is 31.3 Å². The average molecular weight is 310 g/mol. The Kier molecular flexibility index (Phi) is 5.76. The second-order valence-corrected chi connectivity index (χ2v) is 6.39. The number of likely N-dealkylation sites (tertiary alicyclic amines) is 1. The number of ether oxygens (including phenoxy) is 1. The van der Waals surface area contributed by atoms with Gasteiger partial charge >= 0.3 is 5.97 Å². The highest BCUT2D eigenvalue weighted by molar-refractivity contribution is 7.10. The molecule has 0 spiro atoms. The molecule has 1 aliphatic heterocycles. The van der Waals surface area contributed by atoms with Crippen molar-refractivity contribution < 1.29 is 14.3 Å². The summed E-state index contributed by atoms with van der Waals surface area (Å²) in [6.07, 6.45) is 4.79. The Bertz CT molecular complexity index is 505. The molecular weight excluding hydrogens is 288 g/mol. The minimum absolute atomic E-state index is 0.0662. The maximum atomic E-state index is 12.2. The number of thiophene rings is 1. The topological polar surface area (TPSA) is 58.6 Å². The number of carbonyl (C=O) groups is 2. The van der Waals surface area contributed by atoms with Crippen molar-refractivity contribution in [3.63, 3.8) is 0 Å². The van der Waals surface area contributed by atoms with Gasteiger partial charge in [-0.15, -0.1) is 11.3 Å². The summed E-state index contributed by atoms with van der Waals surface area (Å²) in [6.45, 7) is 4.22. The molecular formula is C15H22N2O3S. The van der Waals surface area contributed by atoms with E-state index in [-0.39, 0.29) is 5.91 Å². The maximum absolute atomic E-state index is 12.2. The zero-order chi connectivity index (χ0) is 15.2. The first kappa shape index (κ1) is 16.0. The summed E-state index contributed by atoms with van der Waals surface area (Å²) in [5, 5.41) is 4.60. The molecule has 2 heterocycles. The van der Waals surface area contributed by atoms with Crippen LogP contribution in [0.15, 0.2) is 5.38 Å². The van der Waals surface area contributed by atoms with Crippen molar-refractivity contribution in [3.8, 4) is 0 Å². The second kappa shape index (κ2) is 7.56. The zero-order valence-corrected chi connectivity index (χ0v) is 13.4. The zero-order valence-electron chi connectivity index (χ0n) is 12.6.